The fraction of sp³-hybridized carbons (Fsp3) is 0.217. The highest BCUT2D eigenvalue weighted by atomic mass is 19.4. The summed E-state index contributed by atoms with van der Waals surface area (Å²) in [6.07, 6.45) is -1.14. The molecule has 0 saturated heterocycles. The first kappa shape index (κ1) is 20.9. The first-order valence-electron chi connectivity index (χ1n) is 9.43. The number of nitrogens with zero attached hydrogens (tertiary/aromatic N) is 2. The Bertz CT molecular complexity index is 1270. The van der Waals surface area contributed by atoms with Crippen molar-refractivity contribution < 1.29 is 27.8 Å². The Morgan fingerprint density at radius 3 is 2.45 bits per heavy atom. The molecule has 0 spiro atoms. The number of rotatable bonds is 5. The Labute approximate surface area is 176 Å². The van der Waals surface area contributed by atoms with Crippen LogP contribution in [-0.2, 0) is 23.9 Å². The van der Waals surface area contributed by atoms with E-state index in [4.69, 9.17) is 9.47 Å². The van der Waals surface area contributed by atoms with E-state index >= 15 is 0 Å². The molecule has 0 atom stereocenters. The molecule has 0 bridgehead atoms. The van der Waals surface area contributed by atoms with Crippen LogP contribution < -0.4 is 4.74 Å². The van der Waals surface area contributed by atoms with Crippen molar-refractivity contribution in [3.05, 3.63) is 71.2 Å². The topological polar surface area (TPSA) is 64.5 Å². The van der Waals surface area contributed by atoms with Crippen molar-refractivity contribution in [2.45, 2.75) is 19.2 Å². The average molecular weight is 428 g/mol. The number of halogens is 3. The number of ether oxygens (including phenoxy) is 2. The van der Waals surface area contributed by atoms with E-state index in [9.17, 15) is 18.3 Å². The minimum atomic E-state index is -4.70. The van der Waals surface area contributed by atoms with Crippen molar-refractivity contribution in [1.82, 2.24) is 9.97 Å². The smallest absolute Gasteiger partial charge is 0.420 e. The Morgan fingerprint density at radius 2 is 1.74 bits per heavy atom. The molecule has 0 unspecified atom stereocenters. The molecule has 0 radical (unpaired) electrons. The highest BCUT2D eigenvalue weighted by Crippen LogP contribution is 2.40. The first-order valence-corrected chi connectivity index (χ1v) is 9.43. The summed E-state index contributed by atoms with van der Waals surface area (Å²) in [5.74, 6) is -0.149. The number of aromatic hydroxyl groups is 1. The maximum atomic E-state index is 13.5. The van der Waals surface area contributed by atoms with Crippen LogP contribution >= 0.6 is 0 Å². The summed E-state index contributed by atoms with van der Waals surface area (Å²) in [7, 11) is 3.15. The van der Waals surface area contributed by atoms with Gasteiger partial charge in [0.05, 0.1) is 24.9 Å². The van der Waals surface area contributed by atoms with E-state index in [1.54, 1.807) is 20.4 Å². The van der Waals surface area contributed by atoms with Crippen LogP contribution in [0.2, 0.25) is 0 Å². The molecule has 2 heterocycles. The van der Waals surface area contributed by atoms with Crippen LogP contribution in [0.3, 0.4) is 0 Å². The zero-order valence-corrected chi connectivity index (χ0v) is 16.8. The van der Waals surface area contributed by atoms with Gasteiger partial charge in [0.15, 0.2) is 0 Å². The molecule has 2 aromatic carbocycles. The lowest BCUT2D eigenvalue weighted by molar-refractivity contribution is -0.137. The predicted octanol–water partition coefficient (Wildman–Crippen LogP) is 5.25. The van der Waals surface area contributed by atoms with E-state index < -0.39 is 17.5 Å². The van der Waals surface area contributed by atoms with E-state index in [1.165, 1.54) is 18.3 Å². The fourth-order valence-corrected chi connectivity index (χ4v) is 3.70. The molecule has 2 aromatic heterocycles. The van der Waals surface area contributed by atoms with Crippen LogP contribution in [0, 0.1) is 0 Å². The van der Waals surface area contributed by atoms with Crippen molar-refractivity contribution in [2.75, 3.05) is 14.2 Å². The van der Waals surface area contributed by atoms with Gasteiger partial charge >= 0.3 is 6.18 Å². The van der Waals surface area contributed by atoms with Gasteiger partial charge in [-0.25, -0.2) is 0 Å². The standard InChI is InChI=1S/C23H19F3N2O3/c1-30-12-20-17-9-15(31-2)3-4-16(17)14(11-28-20)7-13-8-18-19(27-10-13)5-6-21(29)22(18)23(24,25)26/h3-6,8-11,29H,7,12H2,1-2H3. The summed E-state index contributed by atoms with van der Waals surface area (Å²) in [6, 6.07) is 9.37. The van der Waals surface area contributed by atoms with Crippen LogP contribution in [0.4, 0.5) is 13.2 Å². The van der Waals surface area contributed by atoms with Gasteiger partial charge in [0.1, 0.15) is 17.1 Å². The Hall–Kier alpha value is -3.39. The van der Waals surface area contributed by atoms with E-state index in [0.717, 1.165) is 28.1 Å². The molecular formula is C23H19F3N2O3. The third-order valence-corrected chi connectivity index (χ3v) is 5.12. The second-order valence-corrected chi connectivity index (χ2v) is 7.12. The van der Waals surface area contributed by atoms with Gasteiger partial charge in [0, 0.05) is 36.7 Å². The van der Waals surface area contributed by atoms with E-state index in [1.807, 2.05) is 18.2 Å². The quantitative estimate of drug-likeness (QED) is 0.470. The molecule has 0 saturated carbocycles. The number of pyridine rings is 2. The third kappa shape index (κ3) is 3.98. The van der Waals surface area contributed by atoms with Gasteiger partial charge in [0.25, 0.3) is 0 Å². The van der Waals surface area contributed by atoms with Crippen molar-refractivity contribution >= 4 is 21.7 Å². The lowest BCUT2D eigenvalue weighted by Gasteiger charge is -2.14. The number of benzene rings is 2. The number of fused-ring (bicyclic) bond motifs is 2. The lowest BCUT2D eigenvalue weighted by Crippen LogP contribution is -2.07. The zero-order chi connectivity index (χ0) is 22.2. The SMILES string of the molecule is COCc1ncc(Cc2cnc3ccc(O)c(C(F)(F)F)c3c2)c2ccc(OC)cc12. The summed E-state index contributed by atoms with van der Waals surface area (Å²) in [5.41, 5.74) is 1.22. The minimum absolute atomic E-state index is 0.139. The number of aromatic nitrogens is 2. The Balaban J connectivity index is 1.83. The highest BCUT2D eigenvalue weighted by Gasteiger charge is 2.36. The summed E-state index contributed by atoms with van der Waals surface area (Å²) in [4.78, 5) is 8.66. The number of alkyl halides is 3. The van der Waals surface area contributed by atoms with Crippen LogP contribution in [-0.4, -0.2) is 29.3 Å². The van der Waals surface area contributed by atoms with Crippen LogP contribution in [0.25, 0.3) is 21.7 Å². The van der Waals surface area contributed by atoms with E-state index in [2.05, 4.69) is 9.97 Å². The molecule has 0 aliphatic heterocycles. The Kier molecular flexibility index (Phi) is 5.41. The van der Waals surface area contributed by atoms with Gasteiger partial charge in [0.2, 0.25) is 0 Å². The van der Waals surface area contributed by atoms with Crippen molar-refractivity contribution in [3.8, 4) is 11.5 Å². The van der Waals surface area contributed by atoms with Gasteiger partial charge in [-0.2, -0.15) is 13.2 Å². The Morgan fingerprint density at radius 1 is 0.935 bits per heavy atom. The minimum Gasteiger partial charge on any atom is -0.507 e. The zero-order valence-electron chi connectivity index (χ0n) is 16.8. The predicted molar refractivity (Wildman–Crippen MR) is 110 cm³/mol. The molecule has 0 aliphatic rings. The molecule has 4 aromatic rings. The summed E-state index contributed by atoms with van der Waals surface area (Å²) in [5, 5.41) is 11.4. The molecule has 5 nitrogen and oxygen atoms in total. The average Bonchev–Trinajstić information content (AvgIpc) is 2.74. The molecule has 31 heavy (non-hydrogen) atoms. The number of hydrogen-bond donors (Lipinski definition) is 1. The fourth-order valence-electron chi connectivity index (χ4n) is 3.70. The second-order valence-electron chi connectivity index (χ2n) is 7.12. The number of phenolic OH excluding ortho intramolecular Hbond substituents is 1. The van der Waals surface area contributed by atoms with Gasteiger partial charge in [-0.05, 0) is 46.8 Å². The molecule has 0 fully saturated rings. The van der Waals surface area contributed by atoms with E-state index in [-0.39, 0.29) is 10.9 Å². The second kappa shape index (κ2) is 8.03. The van der Waals surface area contributed by atoms with Crippen LogP contribution in [0.5, 0.6) is 11.5 Å². The monoisotopic (exact) mass is 428 g/mol. The van der Waals surface area contributed by atoms with Gasteiger partial charge < -0.3 is 14.6 Å². The summed E-state index contributed by atoms with van der Waals surface area (Å²) >= 11 is 0. The van der Waals surface area contributed by atoms with Crippen molar-refractivity contribution in [1.29, 1.82) is 0 Å². The maximum absolute atomic E-state index is 13.5. The number of phenols is 1. The molecule has 8 heteroatoms. The maximum Gasteiger partial charge on any atom is 0.420 e. The lowest BCUT2D eigenvalue weighted by atomic mass is 9.98. The molecule has 160 valence electrons. The molecule has 0 aliphatic carbocycles. The summed E-state index contributed by atoms with van der Waals surface area (Å²) in [6.45, 7) is 0.315. The van der Waals surface area contributed by atoms with Crippen molar-refractivity contribution in [3.63, 3.8) is 0 Å². The molecule has 4 rings (SSSR count). The number of methoxy groups -OCH3 is 2. The molecular weight excluding hydrogens is 409 g/mol. The third-order valence-electron chi connectivity index (χ3n) is 5.12. The summed E-state index contributed by atoms with van der Waals surface area (Å²) < 4.78 is 51.1. The normalized spacial score (nSPS) is 11.9. The van der Waals surface area contributed by atoms with Gasteiger partial charge in [-0.15, -0.1) is 0 Å². The largest absolute Gasteiger partial charge is 0.507 e. The van der Waals surface area contributed by atoms with Gasteiger partial charge in [-0.1, -0.05) is 6.07 Å². The first-order chi connectivity index (χ1) is 14.8. The number of hydrogen-bond acceptors (Lipinski definition) is 5. The van der Waals surface area contributed by atoms with Crippen LogP contribution in [0.15, 0.2) is 48.8 Å². The molecule has 0 amide bonds. The molecule has 1 N–H and O–H groups in total. The van der Waals surface area contributed by atoms with Gasteiger partial charge in [-0.3, -0.25) is 9.97 Å². The van der Waals surface area contributed by atoms with Crippen LogP contribution in [0.1, 0.15) is 22.4 Å². The highest BCUT2D eigenvalue weighted by molar-refractivity contribution is 5.89. The van der Waals surface area contributed by atoms with E-state index in [0.29, 0.717) is 24.3 Å². The van der Waals surface area contributed by atoms with Crippen molar-refractivity contribution in [2.24, 2.45) is 0 Å².